The van der Waals surface area contributed by atoms with Crippen molar-refractivity contribution >= 4 is 18.0 Å². The molecule has 22 heavy (non-hydrogen) atoms. The summed E-state index contributed by atoms with van der Waals surface area (Å²) in [5.41, 5.74) is 3.02. The predicted molar refractivity (Wildman–Crippen MR) is 86.0 cm³/mol. The molecule has 0 heterocycles. The molecule has 0 aromatic heterocycles. The van der Waals surface area contributed by atoms with Gasteiger partial charge in [0.25, 0.3) is 6.29 Å². The number of rotatable bonds is 7. The lowest BCUT2D eigenvalue weighted by molar-refractivity contribution is -0.178. The molecule has 0 saturated carbocycles. The SMILES string of the molecule is CCCC(=Cc1ccc(CC)cc1)C(OC(C)=O)OC(C)=O. The molecule has 120 valence electrons. The molecule has 4 nitrogen and oxygen atoms in total. The Morgan fingerprint density at radius 1 is 1.05 bits per heavy atom. The van der Waals surface area contributed by atoms with Gasteiger partial charge in [0.2, 0.25) is 0 Å². The first-order valence-electron chi connectivity index (χ1n) is 7.60. The summed E-state index contributed by atoms with van der Waals surface area (Å²) >= 11 is 0. The van der Waals surface area contributed by atoms with Crippen LogP contribution in [0.1, 0.15) is 51.7 Å². The van der Waals surface area contributed by atoms with Crippen molar-refractivity contribution in [2.75, 3.05) is 0 Å². The molecule has 0 spiro atoms. The van der Waals surface area contributed by atoms with E-state index in [1.807, 2.05) is 25.1 Å². The lowest BCUT2D eigenvalue weighted by Gasteiger charge is -2.19. The third-order valence-electron chi connectivity index (χ3n) is 3.13. The van der Waals surface area contributed by atoms with Crippen molar-refractivity contribution in [2.45, 2.75) is 53.2 Å². The van der Waals surface area contributed by atoms with Crippen LogP contribution in [0.3, 0.4) is 0 Å². The van der Waals surface area contributed by atoms with Crippen LogP contribution < -0.4 is 0 Å². The van der Waals surface area contributed by atoms with E-state index in [1.54, 1.807) is 0 Å². The van der Waals surface area contributed by atoms with E-state index in [1.165, 1.54) is 19.4 Å². The van der Waals surface area contributed by atoms with Gasteiger partial charge in [-0.25, -0.2) is 0 Å². The highest BCUT2D eigenvalue weighted by atomic mass is 16.7. The number of hydrogen-bond acceptors (Lipinski definition) is 4. The first kappa shape index (κ1) is 18.0. The molecule has 0 N–H and O–H groups in total. The summed E-state index contributed by atoms with van der Waals surface area (Å²) in [6.45, 7) is 6.73. The van der Waals surface area contributed by atoms with Crippen LogP contribution in [0.15, 0.2) is 29.8 Å². The Labute approximate surface area is 132 Å². The molecule has 0 aliphatic rings. The summed E-state index contributed by atoms with van der Waals surface area (Å²) < 4.78 is 10.3. The lowest BCUT2D eigenvalue weighted by atomic mass is 10.0. The Balaban J connectivity index is 3.06. The van der Waals surface area contributed by atoms with E-state index in [-0.39, 0.29) is 0 Å². The monoisotopic (exact) mass is 304 g/mol. The number of carbonyl (C=O) groups excluding carboxylic acids is 2. The summed E-state index contributed by atoms with van der Waals surface area (Å²) in [5, 5.41) is 0. The standard InChI is InChI=1S/C18H24O4/c1-5-7-17(18(21-13(3)19)22-14(4)20)12-16-10-8-15(6-2)9-11-16/h8-12,18H,5-7H2,1-4H3. The smallest absolute Gasteiger partial charge is 0.305 e. The zero-order chi connectivity index (χ0) is 16.5. The topological polar surface area (TPSA) is 52.6 Å². The van der Waals surface area contributed by atoms with Crippen LogP contribution in [0.5, 0.6) is 0 Å². The van der Waals surface area contributed by atoms with Crippen molar-refractivity contribution in [1.82, 2.24) is 0 Å². The van der Waals surface area contributed by atoms with Crippen LogP contribution in [0, 0.1) is 0 Å². The molecule has 0 bridgehead atoms. The fourth-order valence-corrected chi connectivity index (χ4v) is 2.09. The maximum absolute atomic E-state index is 11.2. The largest absolute Gasteiger partial charge is 0.421 e. The van der Waals surface area contributed by atoms with Crippen molar-refractivity contribution in [3.63, 3.8) is 0 Å². The molecule has 1 aromatic carbocycles. The van der Waals surface area contributed by atoms with Gasteiger partial charge in [0.15, 0.2) is 0 Å². The molecule has 4 heteroatoms. The molecule has 1 rings (SSSR count). The zero-order valence-electron chi connectivity index (χ0n) is 13.7. The Morgan fingerprint density at radius 3 is 2.00 bits per heavy atom. The van der Waals surface area contributed by atoms with Crippen LogP contribution in [0.4, 0.5) is 0 Å². The summed E-state index contributed by atoms with van der Waals surface area (Å²) in [7, 11) is 0. The van der Waals surface area contributed by atoms with Crippen LogP contribution in [-0.4, -0.2) is 18.2 Å². The molecule has 0 atom stereocenters. The van der Waals surface area contributed by atoms with E-state index in [0.29, 0.717) is 6.42 Å². The van der Waals surface area contributed by atoms with Crippen molar-refractivity contribution in [3.8, 4) is 0 Å². The highest BCUT2D eigenvalue weighted by Gasteiger charge is 2.20. The third kappa shape index (κ3) is 6.12. The zero-order valence-corrected chi connectivity index (χ0v) is 13.7. The quantitative estimate of drug-likeness (QED) is 0.566. The number of hydrogen-bond donors (Lipinski definition) is 0. The number of ether oxygens (including phenoxy) is 2. The van der Waals surface area contributed by atoms with Crippen LogP contribution in [-0.2, 0) is 25.5 Å². The van der Waals surface area contributed by atoms with Gasteiger partial charge in [-0.05, 0) is 30.0 Å². The average molecular weight is 304 g/mol. The Morgan fingerprint density at radius 2 is 1.59 bits per heavy atom. The fourth-order valence-electron chi connectivity index (χ4n) is 2.09. The van der Waals surface area contributed by atoms with Gasteiger partial charge in [0, 0.05) is 19.4 Å². The van der Waals surface area contributed by atoms with Gasteiger partial charge >= 0.3 is 11.9 Å². The lowest BCUT2D eigenvalue weighted by Crippen LogP contribution is -2.24. The van der Waals surface area contributed by atoms with Crippen LogP contribution in [0.2, 0.25) is 0 Å². The number of aryl methyl sites for hydroxylation is 1. The molecular formula is C18H24O4. The summed E-state index contributed by atoms with van der Waals surface area (Å²) in [4.78, 5) is 22.5. The minimum atomic E-state index is -0.958. The van der Waals surface area contributed by atoms with E-state index < -0.39 is 18.2 Å². The average Bonchev–Trinajstić information content (AvgIpc) is 2.46. The van der Waals surface area contributed by atoms with Crippen LogP contribution in [0.25, 0.3) is 6.08 Å². The van der Waals surface area contributed by atoms with E-state index in [9.17, 15) is 9.59 Å². The van der Waals surface area contributed by atoms with Gasteiger partial charge in [-0.1, -0.05) is 44.5 Å². The van der Waals surface area contributed by atoms with Gasteiger partial charge in [0.1, 0.15) is 0 Å². The fraction of sp³-hybridized carbons (Fsp3) is 0.444. The Bertz CT molecular complexity index is 513. The van der Waals surface area contributed by atoms with E-state index in [0.717, 1.165) is 24.0 Å². The predicted octanol–water partition coefficient (Wildman–Crippen LogP) is 3.88. The minimum absolute atomic E-state index is 0.477. The van der Waals surface area contributed by atoms with E-state index in [4.69, 9.17) is 9.47 Å². The number of carbonyl (C=O) groups is 2. The first-order chi connectivity index (χ1) is 10.5. The second-order valence-corrected chi connectivity index (χ2v) is 5.12. The van der Waals surface area contributed by atoms with Gasteiger partial charge in [-0.15, -0.1) is 0 Å². The van der Waals surface area contributed by atoms with Crippen molar-refractivity contribution in [2.24, 2.45) is 0 Å². The normalized spacial score (nSPS) is 11.4. The van der Waals surface area contributed by atoms with E-state index >= 15 is 0 Å². The van der Waals surface area contributed by atoms with Gasteiger partial charge < -0.3 is 9.47 Å². The molecule has 0 fully saturated rings. The van der Waals surface area contributed by atoms with Crippen molar-refractivity contribution < 1.29 is 19.1 Å². The number of benzene rings is 1. The Kier molecular flexibility index (Phi) is 7.37. The number of esters is 2. The summed E-state index contributed by atoms with van der Waals surface area (Å²) in [5.74, 6) is -0.954. The molecule has 0 amide bonds. The van der Waals surface area contributed by atoms with Crippen molar-refractivity contribution in [1.29, 1.82) is 0 Å². The maximum Gasteiger partial charge on any atom is 0.305 e. The molecular weight excluding hydrogens is 280 g/mol. The van der Waals surface area contributed by atoms with Gasteiger partial charge in [-0.2, -0.15) is 0 Å². The molecule has 0 aliphatic carbocycles. The molecule has 0 saturated heterocycles. The molecule has 0 radical (unpaired) electrons. The summed E-state index contributed by atoms with van der Waals surface area (Å²) in [6, 6.07) is 8.13. The molecule has 0 unspecified atom stereocenters. The van der Waals surface area contributed by atoms with Crippen molar-refractivity contribution in [3.05, 3.63) is 41.0 Å². The van der Waals surface area contributed by atoms with E-state index in [2.05, 4.69) is 19.1 Å². The highest BCUT2D eigenvalue weighted by Crippen LogP contribution is 2.20. The van der Waals surface area contributed by atoms with Gasteiger partial charge in [0.05, 0.1) is 0 Å². The first-order valence-corrected chi connectivity index (χ1v) is 7.60. The second-order valence-electron chi connectivity index (χ2n) is 5.12. The highest BCUT2D eigenvalue weighted by molar-refractivity contribution is 5.69. The summed E-state index contributed by atoms with van der Waals surface area (Å²) in [6.07, 6.45) is 3.48. The third-order valence-corrected chi connectivity index (χ3v) is 3.13. The second kappa shape index (κ2) is 9.03. The van der Waals surface area contributed by atoms with Gasteiger partial charge in [-0.3, -0.25) is 9.59 Å². The van der Waals surface area contributed by atoms with Crippen LogP contribution >= 0.6 is 0 Å². The maximum atomic E-state index is 11.2. The molecule has 0 aliphatic heterocycles. The Hall–Kier alpha value is -2.10. The molecule has 1 aromatic rings. The minimum Gasteiger partial charge on any atom is -0.421 e.